The van der Waals surface area contributed by atoms with Crippen LogP contribution in [0.15, 0.2) is 72.2 Å². The first-order chi connectivity index (χ1) is 12.3. The van der Waals surface area contributed by atoms with Crippen LogP contribution >= 0.6 is 22.9 Å². The maximum atomic E-state index is 5.91. The van der Waals surface area contributed by atoms with Gasteiger partial charge in [-0.15, -0.1) is 0 Å². The number of aromatic nitrogens is 4. The van der Waals surface area contributed by atoms with E-state index in [1.807, 2.05) is 54.6 Å². The maximum absolute atomic E-state index is 5.91. The molecular formula is C18H12ClN5S. The Bertz CT molecular complexity index is 992. The number of aliphatic imine (C=N–C) groups is 1. The molecule has 2 heterocycles. The van der Waals surface area contributed by atoms with Crippen molar-refractivity contribution in [2.75, 3.05) is 0 Å². The summed E-state index contributed by atoms with van der Waals surface area (Å²) in [4.78, 5) is 13.2. The van der Waals surface area contributed by atoms with E-state index in [0.29, 0.717) is 10.2 Å². The van der Waals surface area contributed by atoms with Crippen molar-refractivity contribution in [2.24, 2.45) is 4.99 Å². The molecule has 2 aromatic heterocycles. The second kappa shape index (κ2) is 6.96. The first kappa shape index (κ1) is 15.7. The van der Waals surface area contributed by atoms with E-state index in [2.05, 4.69) is 20.1 Å². The number of halogens is 1. The van der Waals surface area contributed by atoms with E-state index in [4.69, 9.17) is 11.6 Å². The Morgan fingerprint density at radius 1 is 1.04 bits per heavy atom. The molecule has 2 aromatic carbocycles. The monoisotopic (exact) mass is 365 g/mol. The molecule has 0 aliphatic heterocycles. The van der Waals surface area contributed by atoms with Gasteiger partial charge >= 0.3 is 0 Å². The van der Waals surface area contributed by atoms with Crippen LogP contribution in [0.25, 0.3) is 16.3 Å². The molecule has 122 valence electrons. The van der Waals surface area contributed by atoms with E-state index in [1.165, 1.54) is 17.7 Å². The Morgan fingerprint density at radius 2 is 1.84 bits per heavy atom. The van der Waals surface area contributed by atoms with Crippen molar-refractivity contribution in [1.82, 2.24) is 19.7 Å². The quantitative estimate of drug-likeness (QED) is 0.488. The number of rotatable bonds is 4. The van der Waals surface area contributed by atoms with Gasteiger partial charge in [0.1, 0.15) is 23.3 Å². The molecule has 0 N–H and O–H groups in total. The zero-order chi connectivity index (χ0) is 17.1. The number of benzene rings is 2. The van der Waals surface area contributed by atoms with Gasteiger partial charge < -0.3 is 0 Å². The fourth-order valence-electron chi connectivity index (χ4n) is 2.29. The minimum Gasteiger partial charge on any atom is -0.227 e. The van der Waals surface area contributed by atoms with Crippen LogP contribution < -0.4 is 0 Å². The SMILES string of the molecule is Clc1ccc(C=Nc2nc(-c3ccccc3)c(-n3cncn3)s2)cc1. The number of thiazole rings is 1. The van der Waals surface area contributed by atoms with Crippen molar-refractivity contribution < 1.29 is 0 Å². The summed E-state index contributed by atoms with van der Waals surface area (Å²) in [7, 11) is 0. The van der Waals surface area contributed by atoms with Gasteiger partial charge in [-0.1, -0.05) is 65.4 Å². The third kappa shape index (κ3) is 3.50. The van der Waals surface area contributed by atoms with Crippen molar-refractivity contribution in [3.63, 3.8) is 0 Å². The van der Waals surface area contributed by atoms with Crippen molar-refractivity contribution in [3.05, 3.63) is 77.8 Å². The molecule has 4 aromatic rings. The number of hydrogen-bond acceptors (Lipinski definition) is 5. The highest BCUT2D eigenvalue weighted by atomic mass is 35.5. The lowest BCUT2D eigenvalue weighted by Gasteiger charge is -2.00. The van der Waals surface area contributed by atoms with Gasteiger partial charge in [-0.2, -0.15) is 5.10 Å². The zero-order valence-corrected chi connectivity index (χ0v) is 14.5. The highest BCUT2D eigenvalue weighted by molar-refractivity contribution is 7.18. The van der Waals surface area contributed by atoms with E-state index in [1.54, 1.807) is 17.2 Å². The lowest BCUT2D eigenvalue weighted by atomic mass is 10.2. The van der Waals surface area contributed by atoms with Gasteiger partial charge in [-0.25, -0.2) is 19.6 Å². The topological polar surface area (TPSA) is 56.0 Å². The van der Waals surface area contributed by atoms with Gasteiger partial charge in [0.25, 0.3) is 0 Å². The zero-order valence-electron chi connectivity index (χ0n) is 13.0. The molecule has 0 radical (unpaired) electrons. The summed E-state index contributed by atoms with van der Waals surface area (Å²) in [6.45, 7) is 0. The van der Waals surface area contributed by atoms with E-state index in [0.717, 1.165) is 21.8 Å². The second-order valence-electron chi connectivity index (χ2n) is 5.17. The lowest BCUT2D eigenvalue weighted by Crippen LogP contribution is -1.93. The summed E-state index contributed by atoms with van der Waals surface area (Å²) in [6, 6.07) is 17.5. The Kier molecular flexibility index (Phi) is 4.37. The molecular weight excluding hydrogens is 354 g/mol. The average Bonchev–Trinajstić information content (AvgIpc) is 3.31. The van der Waals surface area contributed by atoms with Gasteiger partial charge in [0.05, 0.1) is 0 Å². The summed E-state index contributed by atoms with van der Waals surface area (Å²) in [6.07, 6.45) is 4.94. The van der Waals surface area contributed by atoms with Crippen LogP contribution in [0.2, 0.25) is 5.02 Å². The molecule has 0 bridgehead atoms. The van der Waals surface area contributed by atoms with E-state index >= 15 is 0 Å². The van der Waals surface area contributed by atoms with Crippen LogP contribution in [-0.2, 0) is 0 Å². The molecule has 5 nitrogen and oxygen atoms in total. The predicted molar refractivity (Wildman–Crippen MR) is 101 cm³/mol. The van der Waals surface area contributed by atoms with Crippen LogP contribution in [0, 0.1) is 0 Å². The van der Waals surface area contributed by atoms with Gasteiger partial charge in [0, 0.05) is 16.8 Å². The Hall–Kier alpha value is -2.83. The van der Waals surface area contributed by atoms with Crippen molar-refractivity contribution in [2.45, 2.75) is 0 Å². The smallest absolute Gasteiger partial charge is 0.211 e. The molecule has 0 atom stereocenters. The van der Waals surface area contributed by atoms with Crippen LogP contribution in [0.3, 0.4) is 0 Å². The van der Waals surface area contributed by atoms with E-state index in [-0.39, 0.29) is 0 Å². The second-order valence-corrected chi connectivity index (χ2v) is 6.56. The summed E-state index contributed by atoms with van der Waals surface area (Å²) in [5.41, 5.74) is 2.81. The molecule has 7 heteroatoms. The third-order valence-electron chi connectivity index (χ3n) is 3.47. The van der Waals surface area contributed by atoms with Crippen LogP contribution in [0.1, 0.15) is 5.56 Å². The Labute approximate surface area is 153 Å². The fourth-order valence-corrected chi connectivity index (χ4v) is 3.28. The standard InChI is InChI=1S/C18H12ClN5S/c19-15-8-6-13(7-9-15)10-21-18-23-16(14-4-2-1-3-5-14)17(25-18)24-12-20-11-22-24/h1-12H. The van der Waals surface area contributed by atoms with Crippen LogP contribution in [0.5, 0.6) is 0 Å². The lowest BCUT2D eigenvalue weighted by molar-refractivity contribution is 0.895. The van der Waals surface area contributed by atoms with Crippen molar-refractivity contribution in [1.29, 1.82) is 0 Å². The van der Waals surface area contributed by atoms with E-state index in [9.17, 15) is 0 Å². The van der Waals surface area contributed by atoms with Crippen LogP contribution in [0.4, 0.5) is 5.13 Å². The van der Waals surface area contributed by atoms with Crippen LogP contribution in [-0.4, -0.2) is 26.0 Å². The van der Waals surface area contributed by atoms with Gasteiger partial charge in [-0.05, 0) is 17.7 Å². The summed E-state index contributed by atoms with van der Waals surface area (Å²) in [5, 5.41) is 6.46. The minimum atomic E-state index is 0.652. The number of hydrogen-bond donors (Lipinski definition) is 0. The normalized spacial score (nSPS) is 11.2. The van der Waals surface area contributed by atoms with Gasteiger partial charge in [0.2, 0.25) is 5.13 Å². The third-order valence-corrected chi connectivity index (χ3v) is 4.67. The molecule has 25 heavy (non-hydrogen) atoms. The molecule has 0 unspecified atom stereocenters. The fraction of sp³-hybridized carbons (Fsp3) is 0. The molecule has 0 fully saturated rings. The summed E-state index contributed by atoms with van der Waals surface area (Å²) >= 11 is 7.37. The highest BCUT2D eigenvalue weighted by Gasteiger charge is 2.14. The summed E-state index contributed by atoms with van der Waals surface area (Å²) < 4.78 is 1.71. The summed E-state index contributed by atoms with van der Waals surface area (Å²) in [5.74, 6) is 0. The first-order valence-electron chi connectivity index (χ1n) is 7.50. The average molecular weight is 366 g/mol. The Balaban J connectivity index is 1.73. The van der Waals surface area contributed by atoms with Gasteiger partial charge in [0.15, 0.2) is 0 Å². The molecule has 0 saturated carbocycles. The highest BCUT2D eigenvalue weighted by Crippen LogP contribution is 2.35. The Morgan fingerprint density at radius 3 is 2.56 bits per heavy atom. The molecule has 0 saturated heterocycles. The first-order valence-corrected chi connectivity index (χ1v) is 8.70. The molecule has 0 aliphatic rings. The largest absolute Gasteiger partial charge is 0.227 e. The van der Waals surface area contributed by atoms with E-state index < -0.39 is 0 Å². The predicted octanol–water partition coefficient (Wildman–Crippen LogP) is 4.79. The minimum absolute atomic E-state index is 0.652. The maximum Gasteiger partial charge on any atom is 0.211 e. The molecule has 0 amide bonds. The number of nitrogens with zero attached hydrogens (tertiary/aromatic N) is 5. The molecule has 0 aliphatic carbocycles. The van der Waals surface area contributed by atoms with Crippen molar-refractivity contribution >= 4 is 34.3 Å². The van der Waals surface area contributed by atoms with Gasteiger partial charge in [-0.3, -0.25) is 0 Å². The molecule has 4 rings (SSSR count). The molecule has 0 spiro atoms. The van der Waals surface area contributed by atoms with Crippen molar-refractivity contribution in [3.8, 4) is 16.3 Å².